The predicted molar refractivity (Wildman–Crippen MR) is 64.4 cm³/mol. The average molecular weight is 231 g/mol. The first-order chi connectivity index (χ1) is 8.19. The van der Waals surface area contributed by atoms with Crippen LogP contribution < -0.4 is 5.73 Å². The summed E-state index contributed by atoms with van der Waals surface area (Å²) in [7, 11) is 0. The van der Waals surface area contributed by atoms with Gasteiger partial charge in [0.1, 0.15) is 6.29 Å². The van der Waals surface area contributed by atoms with Crippen molar-refractivity contribution in [2.24, 2.45) is 0 Å². The van der Waals surface area contributed by atoms with Crippen LogP contribution in [0, 0.1) is 11.8 Å². The van der Waals surface area contributed by atoms with Crippen molar-refractivity contribution in [1.82, 2.24) is 0 Å². The lowest BCUT2D eigenvalue weighted by atomic mass is 10.1. The van der Waals surface area contributed by atoms with Crippen LogP contribution in [0.1, 0.15) is 29.3 Å². The van der Waals surface area contributed by atoms with Gasteiger partial charge in [-0.05, 0) is 25.1 Å². The molecule has 0 aromatic heterocycles. The molecule has 0 spiro atoms. The molecule has 0 radical (unpaired) electrons. The van der Waals surface area contributed by atoms with Crippen molar-refractivity contribution < 1.29 is 14.3 Å². The molecule has 0 unspecified atom stereocenters. The van der Waals surface area contributed by atoms with Crippen molar-refractivity contribution in [1.29, 1.82) is 0 Å². The van der Waals surface area contributed by atoms with E-state index in [1.165, 1.54) is 0 Å². The fourth-order valence-electron chi connectivity index (χ4n) is 1.21. The Bertz CT molecular complexity index is 483. The second-order valence-electron chi connectivity index (χ2n) is 3.20. The zero-order valence-corrected chi connectivity index (χ0v) is 9.53. The van der Waals surface area contributed by atoms with E-state index in [9.17, 15) is 9.59 Å². The number of anilines is 1. The Balaban J connectivity index is 2.99. The molecule has 1 rings (SSSR count). The number of nitrogens with two attached hydrogens (primary N) is 1. The van der Waals surface area contributed by atoms with Gasteiger partial charge in [0, 0.05) is 11.3 Å². The number of benzene rings is 1. The first-order valence-electron chi connectivity index (χ1n) is 5.18. The molecule has 0 saturated carbocycles. The lowest BCUT2D eigenvalue weighted by molar-refractivity contribution is -0.107. The molecule has 0 fully saturated rings. The van der Waals surface area contributed by atoms with Crippen molar-refractivity contribution in [3.05, 3.63) is 29.3 Å². The van der Waals surface area contributed by atoms with Crippen LogP contribution in [-0.4, -0.2) is 18.9 Å². The first kappa shape index (κ1) is 12.8. The minimum atomic E-state index is -0.468. The second kappa shape index (κ2) is 6.33. The molecular formula is C13H13NO3. The number of carbonyl (C=O) groups is 2. The van der Waals surface area contributed by atoms with E-state index in [4.69, 9.17) is 10.5 Å². The molecule has 1 aromatic rings. The van der Waals surface area contributed by atoms with Crippen molar-refractivity contribution in [2.45, 2.75) is 13.3 Å². The minimum Gasteiger partial charge on any atom is -0.462 e. The van der Waals surface area contributed by atoms with Crippen molar-refractivity contribution in [3.8, 4) is 11.8 Å². The maximum absolute atomic E-state index is 11.5. The maximum atomic E-state index is 11.5. The highest BCUT2D eigenvalue weighted by atomic mass is 16.5. The number of aldehydes is 1. The summed E-state index contributed by atoms with van der Waals surface area (Å²) in [5.41, 5.74) is 6.95. The molecule has 0 heterocycles. The highest BCUT2D eigenvalue weighted by molar-refractivity contribution is 5.95. The summed E-state index contributed by atoms with van der Waals surface area (Å²) in [6.45, 7) is 2.02. The molecule has 0 atom stereocenters. The van der Waals surface area contributed by atoms with E-state index in [-0.39, 0.29) is 6.42 Å². The molecule has 4 nitrogen and oxygen atoms in total. The minimum absolute atomic E-state index is 0.166. The Morgan fingerprint density at radius 1 is 1.53 bits per heavy atom. The fourth-order valence-corrected chi connectivity index (χ4v) is 1.21. The fraction of sp³-hybridized carbons (Fsp3) is 0.231. The smallest absolute Gasteiger partial charge is 0.340 e. The van der Waals surface area contributed by atoms with Gasteiger partial charge < -0.3 is 15.3 Å². The van der Waals surface area contributed by atoms with E-state index < -0.39 is 5.97 Å². The molecule has 88 valence electrons. The van der Waals surface area contributed by atoms with Gasteiger partial charge in [-0.1, -0.05) is 11.8 Å². The van der Waals surface area contributed by atoms with Crippen LogP contribution in [0.2, 0.25) is 0 Å². The normalized spacial score (nSPS) is 9.00. The predicted octanol–water partition coefficient (Wildman–Crippen LogP) is 1.39. The summed E-state index contributed by atoms with van der Waals surface area (Å²) in [5.74, 6) is 4.96. The number of nitrogen functional groups attached to an aromatic ring is 1. The number of ether oxygens (including phenoxy) is 1. The Kier molecular flexibility index (Phi) is 4.77. The molecule has 0 aliphatic rings. The van der Waals surface area contributed by atoms with Crippen LogP contribution in [0.4, 0.5) is 5.69 Å². The van der Waals surface area contributed by atoms with Gasteiger partial charge in [-0.3, -0.25) is 0 Å². The van der Waals surface area contributed by atoms with Gasteiger partial charge in [0.2, 0.25) is 0 Å². The summed E-state index contributed by atoms with van der Waals surface area (Å²) in [6.07, 6.45) is 0.885. The third-order valence-corrected chi connectivity index (χ3v) is 1.97. The highest BCUT2D eigenvalue weighted by Gasteiger charge is 2.10. The lowest BCUT2D eigenvalue weighted by Crippen LogP contribution is -2.08. The summed E-state index contributed by atoms with van der Waals surface area (Å²) in [5, 5.41) is 0. The number of rotatable bonds is 3. The molecule has 4 heteroatoms. The molecule has 0 saturated heterocycles. The summed E-state index contributed by atoms with van der Waals surface area (Å²) in [6, 6.07) is 4.85. The molecule has 0 aliphatic carbocycles. The molecular weight excluding hydrogens is 218 g/mol. The topological polar surface area (TPSA) is 69.4 Å². The van der Waals surface area contributed by atoms with Gasteiger partial charge in [0.05, 0.1) is 18.6 Å². The molecule has 17 heavy (non-hydrogen) atoms. The number of carbonyl (C=O) groups excluding carboxylic acids is 2. The number of esters is 1. The molecule has 0 aliphatic heterocycles. The zero-order chi connectivity index (χ0) is 12.7. The van der Waals surface area contributed by atoms with E-state index in [2.05, 4.69) is 11.8 Å². The average Bonchev–Trinajstić information content (AvgIpc) is 2.32. The van der Waals surface area contributed by atoms with Gasteiger partial charge in [-0.25, -0.2) is 4.79 Å². The largest absolute Gasteiger partial charge is 0.462 e. The van der Waals surface area contributed by atoms with Crippen LogP contribution >= 0.6 is 0 Å². The van der Waals surface area contributed by atoms with E-state index >= 15 is 0 Å². The third-order valence-electron chi connectivity index (χ3n) is 1.97. The van der Waals surface area contributed by atoms with Crippen LogP contribution in [0.15, 0.2) is 18.2 Å². The molecule has 1 aromatic carbocycles. The van der Waals surface area contributed by atoms with Gasteiger partial charge in [0.15, 0.2) is 0 Å². The third kappa shape index (κ3) is 3.65. The Morgan fingerprint density at radius 2 is 2.29 bits per heavy atom. The van der Waals surface area contributed by atoms with Gasteiger partial charge in [0.25, 0.3) is 0 Å². The van der Waals surface area contributed by atoms with Crippen LogP contribution in [0.5, 0.6) is 0 Å². The van der Waals surface area contributed by atoms with Gasteiger partial charge in [-0.2, -0.15) is 0 Å². The van der Waals surface area contributed by atoms with E-state index in [0.29, 0.717) is 23.4 Å². The van der Waals surface area contributed by atoms with E-state index in [1.54, 1.807) is 25.1 Å². The Hall–Kier alpha value is -2.28. The van der Waals surface area contributed by atoms with E-state index in [1.807, 2.05) is 0 Å². The van der Waals surface area contributed by atoms with Crippen LogP contribution in [0.25, 0.3) is 0 Å². The number of hydrogen-bond acceptors (Lipinski definition) is 4. The van der Waals surface area contributed by atoms with Crippen LogP contribution in [0.3, 0.4) is 0 Å². The summed E-state index contributed by atoms with van der Waals surface area (Å²) < 4.78 is 4.87. The number of hydrogen-bond donors (Lipinski definition) is 1. The zero-order valence-electron chi connectivity index (χ0n) is 9.53. The SMILES string of the molecule is CCOC(=O)c1cc(C#CCC=O)ccc1N. The first-order valence-corrected chi connectivity index (χ1v) is 5.18. The maximum Gasteiger partial charge on any atom is 0.340 e. The molecule has 0 bridgehead atoms. The van der Waals surface area contributed by atoms with Crippen molar-refractivity contribution >= 4 is 17.9 Å². The Morgan fingerprint density at radius 3 is 2.94 bits per heavy atom. The van der Waals surface area contributed by atoms with Crippen molar-refractivity contribution in [2.75, 3.05) is 12.3 Å². The molecule has 0 amide bonds. The quantitative estimate of drug-likeness (QED) is 0.369. The van der Waals surface area contributed by atoms with Crippen molar-refractivity contribution in [3.63, 3.8) is 0 Å². The molecule has 2 N–H and O–H groups in total. The van der Waals surface area contributed by atoms with Crippen LogP contribution in [-0.2, 0) is 9.53 Å². The monoisotopic (exact) mass is 231 g/mol. The summed E-state index contributed by atoms with van der Waals surface area (Å²) in [4.78, 5) is 21.7. The van der Waals surface area contributed by atoms with E-state index in [0.717, 1.165) is 6.29 Å². The highest BCUT2D eigenvalue weighted by Crippen LogP contribution is 2.14. The van der Waals surface area contributed by atoms with Gasteiger partial charge >= 0.3 is 5.97 Å². The lowest BCUT2D eigenvalue weighted by Gasteiger charge is -2.05. The standard InChI is InChI=1S/C13H13NO3/c1-2-17-13(16)11-9-10(5-3-4-8-15)6-7-12(11)14/h6-9H,2,4,14H2,1H3. The summed E-state index contributed by atoms with van der Waals surface area (Å²) >= 11 is 0. The second-order valence-corrected chi connectivity index (χ2v) is 3.20. The van der Waals surface area contributed by atoms with Gasteiger partial charge in [-0.15, -0.1) is 0 Å². The Labute approximate surface area is 99.8 Å².